The van der Waals surface area contributed by atoms with Crippen molar-refractivity contribution in [2.45, 2.75) is 12.8 Å². The van der Waals surface area contributed by atoms with Gasteiger partial charge in [-0.2, -0.15) is 0 Å². The van der Waals surface area contributed by atoms with Crippen molar-refractivity contribution < 1.29 is 28.5 Å². The number of carbonyl (C=O) groups is 2. The van der Waals surface area contributed by atoms with Gasteiger partial charge in [-0.25, -0.2) is 0 Å². The minimum Gasteiger partial charge on any atom is -0.493 e. The molecule has 0 aliphatic carbocycles. The van der Waals surface area contributed by atoms with Crippen molar-refractivity contribution in [3.63, 3.8) is 0 Å². The van der Waals surface area contributed by atoms with Gasteiger partial charge in [-0.1, -0.05) is 24.3 Å². The highest BCUT2D eigenvalue weighted by molar-refractivity contribution is 5.92. The van der Waals surface area contributed by atoms with Crippen LogP contribution in [0.3, 0.4) is 0 Å². The first-order valence-corrected chi connectivity index (χ1v) is 10.1. The van der Waals surface area contributed by atoms with E-state index in [9.17, 15) is 9.59 Å². The Hall–Kier alpha value is -4.00. The predicted molar refractivity (Wildman–Crippen MR) is 120 cm³/mol. The summed E-state index contributed by atoms with van der Waals surface area (Å²) in [5.74, 6) is 1.72. The summed E-state index contributed by atoms with van der Waals surface area (Å²) < 4.78 is 21.2. The predicted octanol–water partition coefficient (Wildman–Crippen LogP) is 4.61. The molecule has 0 spiro atoms. The Morgan fingerprint density at radius 3 is 2.19 bits per heavy atom. The SMILES string of the molecule is COc1ccc(CCC(=O)OCC(=O)Nc2ccc(Oc3ccccc3)cc2)cc1OC. The molecule has 3 rings (SSSR count). The highest BCUT2D eigenvalue weighted by Gasteiger charge is 2.10. The summed E-state index contributed by atoms with van der Waals surface area (Å²) >= 11 is 0. The first-order chi connectivity index (χ1) is 15.6. The fourth-order valence-electron chi connectivity index (χ4n) is 2.93. The maximum Gasteiger partial charge on any atom is 0.306 e. The summed E-state index contributed by atoms with van der Waals surface area (Å²) in [5.41, 5.74) is 1.48. The van der Waals surface area contributed by atoms with Crippen LogP contribution in [0.4, 0.5) is 5.69 Å². The van der Waals surface area contributed by atoms with E-state index in [1.54, 1.807) is 44.6 Å². The van der Waals surface area contributed by atoms with Crippen molar-refractivity contribution in [2.75, 3.05) is 26.1 Å². The summed E-state index contributed by atoms with van der Waals surface area (Å²) in [6.45, 7) is -0.354. The number of nitrogens with one attached hydrogen (secondary N) is 1. The van der Waals surface area contributed by atoms with Gasteiger partial charge in [0.05, 0.1) is 14.2 Å². The number of methoxy groups -OCH3 is 2. The lowest BCUT2D eigenvalue weighted by Gasteiger charge is -2.10. The number of benzene rings is 3. The lowest BCUT2D eigenvalue weighted by atomic mass is 10.1. The largest absolute Gasteiger partial charge is 0.493 e. The number of carbonyl (C=O) groups excluding carboxylic acids is 2. The molecule has 3 aromatic carbocycles. The van der Waals surface area contributed by atoms with Gasteiger partial charge in [0.1, 0.15) is 11.5 Å². The van der Waals surface area contributed by atoms with Crippen LogP contribution in [0, 0.1) is 0 Å². The van der Waals surface area contributed by atoms with Gasteiger partial charge in [-0.05, 0) is 60.5 Å². The van der Waals surface area contributed by atoms with Gasteiger partial charge in [0.15, 0.2) is 18.1 Å². The maximum atomic E-state index is 12.1. The molecule has 0 fully saturated rings. The molecule has 0 unspecified atom stereocenters. The molecule has 166 valence electrons. The number of ether oxygens (including phenoxy) is 4. The van der Waals surface area contributed by atoms with Crippen molar-refractivity contribution in [1.29, 1.82) is 0 Å². The van der Waals surface area contributed by atoms with E-state index in [1.807, 2.05) is 42.5 Å². The summed E-state index contributed by atoms with van der Waals surface area (Å²) in [6.07, 6.45) is 0.609. The van der Waals surface area contributed by atoms with Gasteiger partial charge < -0.3 is 24.3 Å². The van der Waals surface area contributed by atoms with E-state index >= 15 is 0 Å². The highest BCUT2D eigenvalue weighted by atomic mass is 16.5. The molecule has 0 atom stereocenters. The first kappa shape index (κ1) is 22.7. The van der Waals surface area contributed by atoms with Crippen LogP contribution < -0.4 is 19.5 Å². The molecule has 0 saturated heterocycles. The minimum absolute atomic E-state index is 0.147. The Labute approximate surface area is 186 Å². The number of para-hydroxylation sites is 1. The van der Waals surface area contributed by atoms with Crippen LogP contribution in [-0.4, -0.2) is 32.7 Å². The van der Waals surface area contributed by atoms with Gasteiger partial charge >= 0.3 is 5.97 Å². The van der Waals surface area contributed by atoms with Crippen molar-refractivity contribution in [3.8, 4) is 23.0 Å². The lowest BCUT2D eigenvalue weighted by Crippen LogP contribution is -2.21. The molecule has 1 amide bonds. The van der Waals surface area contributed by atoms with E-state index in [0.29, 0.717) is 29.4 Å². The van der Waals surface area contributed by atoms with Gasteiger partial charge in [0, 0.05) is 12.1 Å². The summed E-state index contributed by atoms with van der Waals surface area (Å²) in [5, 5.41) is 2.69. The molecule has 0 aliphatic rings. The second-order valence-corrected chi connectivity index (χ2v) is 6.84. The summed E-state index contributed by atoms with van der Waals surface area (Å²) in [7, 11) is 3.12. The fraction of sp³-hybridized carbons (Fsp3) is 0.200. The summed E-state index contributed by atoms with van der Waals surface area (Å²) in [4.78, 5) is 24.1. The third-order valence-corrected chi connectivity index (χ3v) is 4.55. The molecule has 0 aliphatic heterocycles. The third kappa shape index (κ3) is 6.77. The normalized spacial score (nSPS) is 10.2. The molecular formula is C25H25NO6. The Morgan fingerprint density at radius 1 is 0.812 bits per heavy atom. The number of rotatable bonds is 10. The number of hydrogen-bond donors (Lipinski definition) is 1. The van der Waals surface area contributed by atoms with Gasteiger partial charge in [-0.3, -0.25) is 9.59 Å². The lowest BCUT2D eigenvalue weighted by molar-refractivity contribution is -0.147. The Bertz CT molecular complexity index is 1030. The summed E-state index contributed by atoms with van der Waals surface area (Å²) in [6, 6.07) is 21.8. The number of esters is 1. The van der Waals surface area contributed by atoms with Gasteiger partial charge in [0.25, 0.3) is 5.91 Å². The second kappa shape index (κ2) is 11.4. The van der Waals surface area contributed by atoms with Crippen molar-refractivity contribution in [1.82, 2.24) is 0 Å². The number of anilines is 1. The van der Waals surface area contributed by atoms with Gasteiger partial charge in [0.2, 0.25) is 0 Å². The maximum absolute atomic E-state index is 12.1. The Morgan fingerprint density at radius 2 is 1.50 bits per heavy atom. The molecule has 0 bridgehead atoms. The zero-order valence-electron chi connectivity index (χ0n) is 18.0. The van der Waals surface area contributed by atoms with Crippen LogP contribution in [0.2, 0.25) is 0 Å². The topological polar surface area (TPSA) is 83.1 Å². The van der Waals surface area contributed by atoms with E-state index in [2.05, 4.69) is 5.32 Å². The van der Waals surface area contributed by atoms with E-state index in [1.165, 1.54) is 0 Å². The molecule has 32 heavy (non-hydrogen) atoms. The smallest absolute Gasteiger partial charge is 0.306 e. The molecule has 7 heteroatoms. The van der Waals surface area contributed by atoms with E-state index in [-0.39, 0.29) is 13.0 Å². The minimum atomic E-state index is -0.457. The Balaban J connectivity index is 1.41. The van der Waals surface area contributed by atoms with Crippen molar-refractivity contribution in [3.05, 3.63) is 78.4 Å². The quantitative estimate of drug-likeness (QED) is 0.468. The zero-order chi connectivity index (χ0) is 22.8. The molecular weight excluding hydrogens is 410 g/mol. The van der Waals surface area contributed by atoms with Crippen LogP contribution in [0.25, 0.3) is 0 Å². The number of aryl methyl sites for hydroxylation is 1. The van der Waals surface area contributed by atoms with Crippen LogP contribution in [0.15, 0.2) is 72.8 Å². The van der Waals surface area contributed by atoms with Crippen molar-refractivity contribution >= 4 is 17.6 Å². The Kier molecular flexibility index (Phi) is 8.09. The zero-order valence-corrected chi connectivity index (χ0v) is 18.0. The van der Waals surface area contributed by atoms with Crippen LogP contribution in [0.5, 0.6) is 23.0 Å². The highest BCUT2D eigenvalue weighted by Crippen LogP contribution is 2.28. The van der Waals surface area contributed by atoms with Crippen LogP contribution >= 0.6 is 0 Å². The van der Waals surface area contributed by atoms with E-state index in [0.717, 1.165) is 11.3 Å². The fourth-order valence-corrected chi connectivity index (χ4v) is 2.93. The molecule has 0 heterocycles. The van der Waals surface area contributed by atoms with Crippen LogP contribution in [-0.2, 0) is 20.7 Å². The first-order valence-electron chi connectivity index (χ1n) is 10.1. The molecule has 3 aromatic rings. The molecule has 0 radical (unpaired) electrons. The molecule has 1 N–H and O–H groups in total. The van der Waals surface area contributed by atoms with Crippen LogP contribution in [0.1, 0.15) is 12.0 Å². The average Bonchev–Trinajstić information content (AvgIpc) is 2.83. The van der Waals surface area contributed by atoms with E-state index < -0.39 is 11.9 Å². The average molecular weight is 435 g/mol. The van der Waals surface area contributed by atoms with E-state index in [4.69, 9.17) is 18.9 Å². The third-order valence-electron chi connectivity index (χ3n) is 4.55. The standard InChI is InChI=1S/C25H25NO6/c1-29-22-14-8-18(16-23(22)30-2)9-15-25(28)31-17-24(27)26-19-10-12-21(13-11-19)32-20-6-4-3-5-7-20/h3-8,10-14,16H,9,15,17H2,1-2H3,(H,26,27). The molecule has 7 nitrogen and oxygen atoms in total. The molecule has 0 aromatic heterocycles. The van der Waals surface area contributed by atoms with Crippen molar-refractivity contribution in [2.24, 2.45) is 0 Å². The monoisotopic (exact) mass is 435 g/mol. The number of hydrogen-bond acceptors (Lipinski definition) is 6. The number of amides is 1. The van der Waals surface area contributed by atoms with Gasteiger partial charge in [-0.15, -0.1) is 0 Å². The molecule has 0 saturated carbocycles. The second-order valence-electron chi connectivity index (χ2n) is 6.84.